The van der Waals surface area contributed by atoms with Gasteiger partial charge in [-0.15, -0.1) is 0 Å². The molecule has 1 unspecified atom stereocenters. The number of ether oxygens (including phenoxy) is 2. The van der Waals surface area contributed by atoms with Gasteiger partial charge >= 0.3 is 5.97 Å². The van der Waals surface area contributed by atoms with Crippen molar-refractivity contribution in [3.8, 4) is 0 Å². The molecule has 1 rings (SSSR count). The summed E-state index contributed by atoms with van der Waals surface area (Å²) in [5.74, 6) is -2.51. The zero-order valence-electron chi connectivity index (χ0n) is 9.76. The fraction of sp³-hybridized carbons (Fsp3) is 0.700. The molecule has 0 aromatic carbocycles. The van der Waals surface area contributed by atoms with Crippen molar-refractivity contribution in [2.24, 2.45) is 0 Å². The van der Waals surface area contributed by atoms with E-state index in [9.17, 15) is 19.5 Å². The number of hydrogen-bond acceptors (Lipinski definition) is 5. The Morgan fingerprint density at radius 1 is 1.47 bits per heavy atom. The van der Waals surface area contributed by atoms with E-state index in [0.717, 1.165) is 4.90 Å². The fourth-order valence-electron chi connectivity index (χ4n) is 1.66. The van der Waals surface area contributed by atoms with E-state index in [0.29, 0.717) is 0 Å². The van der Waals surface area contributed by atoms with Crippen molar-refractivity contribution in [1.29, 1.82) is 0 Å². The highest BCUT2D eigenvalue weighted by atomic mass is 16.5. The molecule has 7 heteroatoms. The number of morpholine rings is 1. The van der Waals surface area contributed by atoms with E-state index in [-0.39, 0.29) is 26.2 Å². The number of rotatable bonds is 5. The van der Waals surface area contributed by atoms with Gasteiger partial charge in [-0.2, -0.15) is 0 Å². The Morgan fingerprint density at radius 3 is 2.41 bits per heavy atom. The molecule has 1 fully saturated rings. The lowest BCUT2D eigenvalue weighted by Gasteiger charge is -2.38. The molecule has 0 saturated carbocycles. The molecule has 2 amide bonds. The standard InChI is InChI=1S/C10H15NO6/c1-10(9(14)15,3-4-16-2)11-7(12)5-17-6-8(11)13/h3-6H2,1-2H3,(H,14,15). The van der Waals surface area contributed by atoms with Crippen molar-refractivity contribution in [3.05, 3.63) is 0 Å². The first-order valence-electron chi connectivity index (χ1n) is 5.09. The molecule has 0 aromatic heterocycles. The highest BCUT2D eigenvalue weighted by molar-refractivity contribution is 6.03. The number of carbonyl (C=O) groups excluding carboxylic acids is 2. The first-order chi connectivity index (χ1) is 7.93. The Balaban J connectivity index is 2.99. The van der Waals surface area contributed by atoms with Crippen molar-refractivity contribution >= 4 is 17.8 Å². The zero-order chi connectivity index (χ0) is 13.1. The number of carbonyl (C=O) groups is 3. The summed E-state index contributed by atoms with van der Waals surface area (Å²) < 4.78 is 9.54. The van der Waals surface area contributed by atoms with E-state index in [1.807, 2.05) is 0 Å². The number of carboxylic acid groups (broad SMARTS) is 1. The molecule has 96 valence electrons. The minimum Gasteiger partial charge on any atom is -0.479 e. The minimum atomic E-state index is -1.59. The van der Waals surface area contributed by atoms with Crippen molar-refractivity contribution in [1.82, 2.24) is 4.90 Å². The highest BCUT2D eigenvalue weighted by Crippen LogP contribution is 2.23. The molecular weight excluding hydrogens is 230 g/mol. The third-order valence-corrected chi connectivity index (χ3v) is 2.70. The predicted octanol–water partition coefficient (Wildman–Crippen LogP) is -0.748. The summed E-state index contributed by atoms with van der Waals surface area (Å²) in [7, 11) is 1.42. The summed E-state index contributed by atoms with van der Waals surface area (Å²) in [6.07, 6.45) is 0.0380. The molecule has 0 radical (unpaired) electrons. The zero-order valence-corrected chi connectivity index (χ0v) is 9.76. The number of imide groups is 1. The Labute approximate surface area is 98.3 Å². The van der Waals surface area contributed by atoms with Crippen LogP contribution in [0.5, 0.6) is 0 Å². The van der Waals surface area contributed by atoms with Crippen LogP contribution in [-0.4, -0.2) is 60.3 Å². The van der Waals surface area contributed by atoms with Gasteiger partial charge in [-0.3, -0.25) is 14.5 Å². The summed E-state index contributed by atoms with van der Waals surface area (Å²) in [6, 6.07) is 0. The molecule has 1 aliphatic rings. The third-order valence-electron chi connectivity index (χ3n) is 2.70. The lowest BCUT2D eigenvalue weighted by Crippen LogP contribution is -2.61. The Morgan fingerprint density at radius 2 is 2.00 bits per heavy atom. The molecule has 0 spiro atoms. The molecule has 1 atom stereocenters. The van der Waals surface area contributed by atoms with E-state index in [2.05, 4.69) is 0 Å². The van der Waals surface area contributed by atoms with Crippen LogP contribution in [-0.2, 0) is 23.9 Å². The van der Waals surface area contributed by atoms with Crippen LogP contribution in [0.2, 0.25) is 0 Å². The molecule has 0 aliphatic carbocycles. The molecule has 7 nitrogen and oxygen atoms in total. The van der Waals surface area contributed by atoms with Gasteiger partial charge in [0.15, 0.2) is 0 Å². The molecule has 0 bridgehead atoms. The number of nitrogens with zero attached hydrogens (tertiary/aromatic N) is 1. The van der Waals surface area contributed by atoms with Crippen LogP contribution < -0.4 is 0 Å². The molecule has 1 saturated heterocycles. The number of carboxylic acids is 1. The smallest absolute Gasteiger partial charge is 0.329 e. The average Bonchev–Trinajstić information content (AvgIpc) is 2.25. The van der Waals surface area contributed by atoms with Gasteiger partial charge in [0.05, 0.1) is 0 Å². The van der Waals surface area contributed by atoms with Gasteiger partial charge in [0.25, 0.3) is 11.8 Å². The topological polar surface area (TPSA) is 93.1 Å². The number of amides is 2. The predicted molar refractivity (Wildman–Crippen MR) is 55.2 cm³/mol. The van der Waals surface area contributed by atoms with Gasteiger partial charge in [0, 0.05) is 20.1 Å². The van der Waals surface area contributed by atoms with E-state index in [1.54, 1.807) is 0 Å². The molecule has 1 N–H and O–H groups in total. The maximum absolute atomic E-state index is 11.6. The van der Waals surface area contributed by atoms with Crippen molar-refractivity contribution in [2.75, 3.05) is 26.9 Å². The number of methoxy groups -OCH3 is 1. The summed E-state index contributed by atoms with van der Waals surface area (Å²) in [5, 5.41) is 9.20. The summed E-state index contributed by atoms with van der Waals surface area (Å²) >= 11 is 0. The van der Waals surface area contributed by atoms with Gasteiger partial charge in [-0.05, 0) is 6.92 Å². The molecule has 0 aromatic rings. The highest BCUT2D eigenvalue weighted by Gasteiger charge is 2.47. The SMILES string of the molecule is COCCC(C)(C(=O)O)N1C(=O)COCC1=O. The number of hydrogen-bond donors (Lipinski definition) is 1. The second-order valence-electron chi connectivity index (χ2n) is 3.94. The largest absolute Gasteiger partial charge is 0.479 e. The quantitative estimate of drug-likeness (QED) is 0.641. The van der Waals surface area contributed by atoms with E-state index >= 15 is 0 Å². The summed E-state index contributed by atoms with van der Waals surface area (Å²) in [5.41, 5.74) is -1.59. The van der Waals surface area contributed by atoms with E-state index in [1.165, 1.54) is 14.0 Å². The van der Waals surface area contributed by atoms with E-state index < -0.39 is 23.3 Å². The van der Waals surface area contributed by atoms with Crippen LogP contribution in [0.3, 0.4) is 0 Å². The van der Waals surface area contributed by atoms with Crippen molar-refractivity contribution < 1.29 is 29.0 Å². The van der Waals surface area contributed by atoms with Crippen LogP contribution in [0.15, 0.2) is 0 Å². The summed E-state index contributed by atoms with van der Waals surface area (Å²) in [4.78, 5) is 35.2. The normalized spacial score (nSPS) is 20.2. The van der Waals surface area contributed by atoms with Gasteiger partial charge < -0.3 is 14.6 Å². The monoisotopic (exact) mass is 245 g/mol. The van der Waals surface area contributed by atoms with Gasteiger partial charge in [0.1, 0.15) is 18.8 Å². The minimum absolute atomic E-state index is 0.0380. The van der Waals surface area contributed by atoms with Crippen molar-refractivity contribution in [3.63, 3.8) is 0 Å². The lowest BCUT2D eigenvalue weighted by atomic mass is 9.95. The van der Waals surface area contributed by atoms with Gasteiger partial charge in [-0.1, -0.05) is 0 Å². The van der Waals surface area contributed by atoms with Crippen LogP contribution >= 0.6 is 0 Å². The first kappa shape index (κ1) is 13.6. The molecule has 17 heavy (non-hydrogen) atoms. The second-order valence-corrected chi connectivity index (χ2v) is 3.94. The lowest BCUT2D eigenvalue weighted by molar-refractivity contribution is -0.176. The molecule has 1 aliphatic heterocycles. The first-order valence-corrected chi connectivity index (χ1v) is 5.09. The Hall–Kier alpha value is -1.47. The Kier molecular flexibility index (Phi) is 4.19. The van der Waals surface area contributed by atoms with Gasteiger partial charge in [-0.25, -0.2) is 4.79 Å². The average molecular weight is 245 g/mol. The van der Waals surface area contributed by atoms with E-state index in [4.69, 9.17) is 9.47 Å². The van der Waals surface area contributed by atoms with Crippen LogP contribution in [0, 0.1) is 0 Å². The summed E-state index contributed by atoms with van der Waals surface area (Å²) in [6.45, 7) is 0.916. The van der Waals surface area contributed by atoms with Gasteiger partial charge in [0.2, 0.25) is 0 Å². The number of aliphatic carboxylic acids is 1. The molecular formula is C10H15NO6. The third kappa shape index (κ3) is 2.62. The van der Waals surface area contributed by atoms with Crippen LogP contribution in [0.4, 0.5) is 0 Å². The Bertz CT molecular complexity index is 326. The maximum Gasteiger partial charge on any atom is 0.329 e. The maximum atomic E-state index is 11.6. The van der Waals surface area contributed by atoms with Crippen molar-refractivity contribution in [2.45, 2.75) is 18.9 Å². The fourth-order valence-corrected chi connectivity index (χ4v) is 1.66. The second kappa shape index (κ2) is 5.24. The van der Waals surface area contributed by atoms with Crippen LogP contribution in [0.25, 0.3) is 0 Å². The van der Waals surface area contributed by atoms with Crippen LogP contribution in [0.1, 0.15) is 13.3 Å². The molecule has 1 heterocycles.